The van der Waals surface area contributed by atoms with Crippen LogP contribution in [0.4, 0.5) is 15.9 Å². The van der Waals surface area contributed by atoms with Crippen LogP contribution in [0.1, 0.15) is 23.0 Å². The van der Waals surface area contributed by atoms with E-state index in [2.05, 4.69) is 25.6 Å². The third-order valence-corrected chi connectivity index (χ3v) is 4.53. The number of hydrogen-bond donors (Lipinski definition) is 3. The monoisotopic (exact) mass is 413 g/mol. The van der Waals surface area contributed by atoms with Gasteiger partial charge in [-0.2, -0.15) is 0 Å². The largest absolute Gasteiger partial charge is 0.314 e. The fraction of sp³-hybridized carbons (Fsp3) is 0.105. The summed E-state index contributed by atoms with van der Waals surface area (Å²) in [6.45, 7) is 1.26. The van der Waals surface area contributed by atoms with Crippen LogP contribution in [0, 0.1) is 5.82 Å². The van der Waals surface area contributed by atoms with Crippen LogP contribution in [0.25, 0.3) is 0 Å². The Balaban J connectivity index is 1.85. The van der Waals surface area contributed by atoms with Gasteiger partial charge in [0.2, 0.25) is 5.91 Å². The van der Waals surface area contributed by atoms with Crippen molar-refractivity contribution in [3.05, 3.63) is 76.1 Å². The highest BCUT2D eigenvalue weighted by Gasteiger charge is 2.17. The molecular formula is C19H16FN5O3S. The highest BCUT2D eigenvalue weighted by molar-refractivity contribution is 7.98. The molecular weight excluding hydrogens is 397 g/mol. The van der Waals surface area contributed by atoms with E-state index in [0.29, 0.717) is 5.75 Å². The lowest BCUT2D eigenvalue weighted by molar-refractivity contribution is -0.114. The Morgan fingerprint density at radius 1 is 1.14 bits per heavy atom. The van der Waals surface area contributed by atoms with E-state index in [1.165, 1.54) is 30.8 Å². The summed E-state index contributed by atoms with van der Waals surface area (Å²) in [5, 5.41) is 5.12. The van der Waals surface area contributed by atoms with Gasteiger partial charge in [-0.3, -0.25) is 24.4 Å². The van der Waals surface area contributed by atoms with E-state index in [1.807, 2.05) is 12.1 Å². The number of thioether (sulfide) groups is 1. The summed E-state index contributed by atoms with van der Waals surface area (Å²) in [5.74, 6) is -1.22. The van der Waals surface area contributed by atoms with Gasteiger partial charge in [0.15, 0.2) is 16.7 Å². The lowest BCUT2D eigenvalue weighted by Crippen LogP contribution is -2.24. The molecule has 2 heterocycles. The van der Waals surface area contributed by atoms with E-state index in [4.69, 9.17) is 0 Å². The van der Waals surface area contributed by atoms with Crippen LogP contribution in [-0.2, 0) is 10.5 Å². The maximum atomic E-state index is 13.0. The van der Waals surface area contributed by atoms with Crippen LogP contribution in [0.15, 0.2) is 58.6 Å². The van der Waals surface area contributed by atoms with Gasteiger partial charge in [0.25, 0.3) is 11.5 Å². The zero-order valence-electron chi connectivity index (χ0n) is 15.2. The molecule has 0 fully saturated rings. The summed E-state index contributed by atoms with van der Waals surface area (Å²) in [4.78, 5) is 47.4. The van der Waals surface area contributed by atoms with Crippen molar-refractivity contribution in [1.82, 2.24) is 15.0 Å². The first-order chi connectivity index (χ1) is 13.9. The Labute approximate surface area is 169 Å². The summed E-state index contributed by atoms with van der Waals surface area (Å²) < 4.78 is 13.0. The van der Waals surface area contributed by atoms with Gasteiger partial charge in [-0.1, -0.05) is 17.8 Å². The third-order valence-electron chi connectivity index (χ3n) is 3.62. The van der Waals surface area contributed by atoms with Gasteiger partial charge in [-0.25, -0.2) is 9.37 Å². The zero-order chi connectivity index (χ0) is 20.8. The SMILES string of the molecule is CC(=O)Nc1nc(SCc2ccccn2)[nH]c(=O)c1NC(=O)c1ccc(F)cc1. The van der Waals surface area contributed by atoms with Crippen molar-refractivity contribution < 1.29 is 14.0 Å². The zero-order valence-corrected chi connectivity index (χ0v) is 16.0. The molecule has 3 aromatic rings. The minimum atomic E-state index is -0.641. The first-order valence-electron chi connectivity index (χ1n) is 8.44. The van der Waals surface area contributed by atoms with Gasteiger partial charge >= 0.3 is 0 Å². The number of aromatic amines is 1. The number of nitrogens with zero attached hydrogens (tertiary/aromatic N) is 2. The number of halogens is 1. The fourth-order valence-electron chi connectivity index (χ4n) is 2.31. The number of aromatic nitrogens is 3. The van der Waals surface area contributed by atoms with Crippen molar-refractivity contribution in [2.45, 2.75) is 17.8 Å². The Bertz CT molecular complexity index is 1090. The number of amides is 2. The molecule has 2 aromatic heterocycles. The molecule has 0 aliphatic carbocycles. The summed E-state index contributed by atoms with van der Waals surface area (Å²) in [5.41, 5.74) is 0.0857. The van der Waals surface area contributed by atoms with Crippen molar-refractivity contribution >= 4 is 35.1 Å². The van der Waals surface area contributed by atoms with E-state index >= 15 is 0 Å². The average Bonchev–Trinajstić information content (AvgIpc) is 2.69. The lowest BCUT2D eigenvalue weighted by Gasteiger charge is -2.11. The Kier molecular flexibility index (Phi) is 6.35. The summed E-state index contributed by atoms with van der Waals surface area (Å²) in [7, 11) is 0. The molecule has 148 valence electrons. The molecule has 1 aromatic carbocycles. The molecule has 29 heavy (non-hydrogen) atoms. The smallest absolute Gasteiger partial charge is 0.277 e. The van der Waals surface area contributed by atoms with E-state index in [1.54, 1.807) is 12.3 Å². The average molecular weight is 413 g/mol. The minimum absolute atomic E-state index is 0.0831. The van der Waals surface area contributed by atoms with Gasteiger partial charge in [0, 0.05) is 24.4 Å². The molecule has 3 rings (SSSR count). The van der Waals surface area contributed by atoms with Gasteiger partial charge in [0.1, 0.15) is 5.82 Å². The number of nitrogens with one attached hydrogen (secondary N) is 3. The van der Waals surface area contributed by atoms with Crippen LogP contribution in [-0.4, -0.2) is 26.8 Å². The summed E-state index contributed by atoms with van der Waals surface area (Å²) in [6.07, 6.45) is 1.66. The Morgan fingerprint density at radius 3 is 2.55 bits per heavy atom. The molecule has 0 radical (unpaired) electrons. The first-order valence-corrected chi connectivity index (χ1v) is 9.42. The molecule has 10 heteroatoms. The normalized spacial score (nSPS) is 10.4. The number of pyridine rings is 1. The highest BCUT2D eigenvalue weighted by Crippen LogP contribution is 2.22. The summed E-state index contributed by atoms with van der Waals surface area (Å²) in [6, 6.07) is 10.3. The van der Waals surface area contributed by atoms with Gasteiger partial charge in [0.05, 0.1) is 5.69 Å². The molecule has 0 spiro atoms. The second-order valence-electron chi connectivity index (χ2n) is 5.85. The maximum absolute atomic E-state index is 13.0. The molecule has 0 atom stereocenters. The second kappa shape index (κ2) is 9.11. The van der Waals surface area contributed by atoms with E-state index in [0.717, 1.165) is 17.8 Å². The maximum Gasteiger partial charge on any atom is 0.277 e. The van der Waals surface area contributed by atoms with Crippen molar-refractivity contribution in [2.24, 2.45) is 0 Å². The van der Waals surface area contributed by atoms with Crippen molar-refractivity contribution in [1.29, 1.82) is 0 Å². The predicted molar refractivity (Wildman–Crippen MR) is 107 cm³/mol. The third kappa shape index (κ3) is 5.48. The number of rotatable bonds is 6. The fourth-order valence-corrected chi connectivity index (χ4v) is 3.08. The topological polar surface area (TPSA) is 117 Å². The Hall–Kier alpha value is -3.53. The second-order valence-corrected chi connectivity index (χ2v) is 6.81. The molecule has 0 bridgehead atoms. The minimum Gasteiger partial charge on any atom is -0.314 e. The van der Waals surface area contributed by atoms with Crippen LogP contribution in [0.2, 0.25) is 0 Å². The van der Waals surface area contributed by atoms with Gasteiger partial charge in [-0.15, -0.1) is 0 Å². The molecule has 0 saturated heterocycles. The number of H-pyrrole nitrogens is 1. The number of anilines is 2. The van der Waals surface area contributed by atoms with Crippen LogP contribution >= 0.6 is 11.8 Å². The summed E-state index contributed by atoms with van der Waals surface area (Å²) >= 11 is 1.22. The molecule has 0 unspecified atom stereocenters. The van der Waals surface area contributed by atoms with Crippen molar-refractivity contribution in [3.8, 4) is 0 Å². The number of benzene rings is 1. The number of carbonyl (C=O) groups is 2. The number of hydrogen-bond acceptors (Lipinski definition) is 6. The Morgan fingerprint density at radius 2 is 1.90 bits per heavy atom. The first kappa shape index (κ1) is 20.2. The van der Waals surface area contributed by atoms with Crippen LogP contribution in [0.5, 0.6) is 0 Å². The quantitative estimate of drug-likeness (QED) is 0.423. The molecule has 0 aliphatic rings. The van der Waals surface area contributed by atoms with E-state index in [-0.39, 0.29) is 22.2 Å². The van der Waals surface area contributed by atoms with Crippen LogP contribution < -0.4 is 16.2 Å². The molecule has 2 amide bonds. The lowest BCUT2D eigenvalue weighted by atomic mass is 10.2. The number of carbonyl (C=O) groups excluding carboxylic acids is 2. The van der Waals surface area contributed by atoms with Gasteiger partial charge in [-0.05, 0) is 36.4 Å². The molecule has 0 aliphatic heterocycles. The molecule has 3 N–H and O–H groups in total. The van der Waals surface area contributed by atoms with Crippen LogP contribution in [0.3, 0.4) is 0 Å². The standard InChI is InChI=1S/C19H16FN5O3S/c1-11(26)22-16-15(23-17(27)12-5-7-13(20)8-6-12)18(28)25-19(24-16)29-10-14-4-2-3-9-21-14/h2-9H,10H2,1H3,(H,23,27)(H2,22,24,25,26,28). The van der Waals surface area contributed by atoms with E-state index < -0.39 is 23.2 Å². The molecule has 0 saturated carbocycles. The molecule has 8 nitrogen and oxygen atoms in total. The van der Waals surface area contributed by atoms with Crippen molar-refractivity contribution in [3.63, 3.8) is 0 Å². The highest BCUT2D eigenvalue weighted by atomic mass is 32.2. The van der Waals surface area contributed by atoms with Gasteiger partial charge < -0.3 is 10.6 Å². The van der Waals surface area contributed by atoms with E-state index in [9.17, 15) is 18.8 Å². The predicted octanol–water partition coefficient (Wildman–Crippen LogP) is 2.81. The van der Waals surface area contributed by atoms with Crippen molar-refractivity contribution in [2.75, 3.05) is 10.6 Å².